The highest BCUT2D eigenvalue weighted by molar-refractivity contribution is 6.04. The van der Waals surface area contributed by atoms with E-state index in [0.717, 1.165) is 19.3 Å². The standard InChI is InChI=1S/C32H36N6O6/c39-29(40)20-25(23-7-4-13-33-21-23)35-30(41)22-11-12-27(26(19-22)36-32(43)34-24-8-2-1-3-9-24)37-14-6-15-38(17-16-37)31(42)28-10-5-18-44-28/h1-4,7-9,11-13,19,21,25,28H,5-6,10,14-18,20H2,(H,35,41)(H,39,40)(H2,34,36,43). The van der Waals surface area contributed by atoms with Gasteiger partial charge in [0.1, 0.15) is 6.10 Å². The van der Waals surface area contributed by atoms with Crippen LogP contribution in [0.3, 0.4) is 0 Å². The van der Waals surface area contributed by atoms with Gasteiger partial charge in [-0.2, -0.15) is 0 Å². The first-order valence-corrected chi connectivity index (χ1v) is 14.7. The Morgan fingerprint density at radius 1 is 0.955 bits per heavy atom. The minimum Gasteiger partial charge on any atom is -0.481 e. The molecule has 0 radical (unpaired) electrons. The number of carboxylic acid groups (broad SMARTS) is 1. The van der Waals surface area contributed by atoms with Gasteiger partial charge in [-0.05, 0) is 61.2 Å². The molecule has 1 aromatic heterocycles. The number of rotatable bonds is 9. The number of aromatic nitrogens is 1. The summed E-state index contributed by atoms with van der Waals surface area (Å²) in [6.07, 6.45) is 4.73. The molecule has 2 aliphatic rings. The molecule has 0 spiro atoms. The summed E-state index contributed by atoms with van der Waals surface area (Å²) < 4.78 is 5.61. The van der Waals surface area contributed by atoms with E-state index in [9.17, 15) is 24.3 Å². The summed E-state index contributed by atoms with van der Waals surface area (Å²) in [6, 6.07) is 16.1. The summed E-state index contributed by atoms with van der Waals surface area (Å²) in [4.78, 5) is 59.0. The van der Waals surface area contributed by atoms with E-state index in [4.69, 9.17) is 4.74 Å². The zero-order chi connectivity index (χ0) is 30.9. The van der Waals surface area contributed by atoms with Crippen LogP contribution in [-0.2, 0) is 14.3 Å². The van der Waals surface area contributed by atoms with Gasteiger partial charge in [-0.3, -0.25) is 19.4 Å². The minimum atomic E-state index is -1.07. The number of carboxylic acids is 1. The molecule has 12 heteroatoms. The van der Waals surface area contributed by atoms with E-state index in [0.29, 0.717) is 55.4 Å². The smallest absolute Gasteiger partial charge is 0.323 e. The van der Waals surface area contributed by atoms with E-state index in [1.54, 1.807) is 48.7 Å². The largest absolute Gasteiger partial charge is 0.481 e. The number of nitrogens with one attached hydrogen (secondary N) is 3. The third-order valence-corrected chi connectivity index (χ3v) is 7.66. The molecule has 0 aliphatic carbocycles. The number of benzene rings is 2. The number of hydrogen-bond acceptors (Lipinski definition) is 7. The molecule has 5 rings (SSSR count). The molecule has 2 aliphatic heterocycles. The van der Waals surface area contributed by atoms with Crippen LogP contribution in [0, 0.1) is 0 Å². The van der Waals surface area contributed by atoms with Gasteiger partial charge in [-0.1, -0.05) is 24.3 Å². The molecule has 4 amide bonds. The van der Waals surface area contributed by atoms with Crippen molar-refractivity contribution in [3.05, 3.63) is 84.2 Å². The number of amides is 4. The Morgan fingerprint density at radius 2 is 1.80 bits per heavy atom. The SMILES string of the molecule is O=C(O)CC(NC(=O)c1ccc(N2CCCN(C(=O)C3CCCO3)CC2)c(NC(=O)Nc2ccccc2)c1)c1cccnc1. The maximum atomic E-state index is 13.4. The van der Waals surface area contributed by atoms with Crippen LogP contribution in [0.25, 0.3) is 0 Å². The van der Waals surface area contributed by atoms with Gasteiger partial charge in [0, 0.05) is 56.4 Å². The molecule has 2 saturated heterocycles. The Hall–Kier alpha value is -4.97. The van der Waals surface area contributed by atoms with Gasteiger partial charge in [-0.25, -0.2) is 4.79 Å². The molecule has 3 heterocycles. The monoisotopic (exact) mass is 600 g/mol. The Morgan fingerprint density at radius 3 is 2.52 bits per heavy atom. The highest BCUT2D eigenvalue weighted by Crippen LogP contribution is 2.30. The van der Waals surface area contributed by atoms with E-state index in [1.807, 2.05) is 23.1 Å². The number of carbonyl (C=O) groups excluding carboxylic acids is 3. The number of carbonyl (C=O) groups is 4. The fraction of sp³-hybridized carbons (Fsp3) is 0.344. The molecule has 3 aromatic rings. The molecule has 2 fully saturated rings. The number of hydrogen-bond donors (Lipinski definition) is 4. The van der Waals surface area contributed by atoms with Gasteiger partial charge in [0.25, 0.3) is 11.8 Å². The van der Waals surface area contributed by atoms with Gasteiger partial charge >= 0.3 is 12.0 Å². The number of urea groups is 1. The van der Waals surface area contributed by atoms with Crippen LogP contribution < -0.4 is 20.9 Å². The fourth-order valence-corrected chi connectivity index (χ4v) is 5.46. The Bertz CT molecular complexity index is 1460. The fourth-order valence-electron chi connectivity index (χ4n) is 5.46. The van der Waals surface area contributed by atoms with Crippen molar-refractivity contribution in [3.63, 3.8) is 0 Å². The minimum absolute atomic E-state index is 0.0153. The van der Waals surface area contributed by atoms with Crippen LogP contribution in [0.5, 0.6) is 0 Å². The van der Waals surface area contributed by atoms with Crippen molar-refractivity contribution < 1.29 is 29.0 Å². The van der Waals surface area contributed by atoms with Crippen molar-refractivity contribution in [3.8, 4) is 0 Å². The molecule has 0 saturated carbocycles. The predicted molar refractivity (Wildman–Crippen MR) is 165 cm³/mol. The van der Waals surface area contributed by atoms with Crippen LogP contribution in [0.4, 0.5) is 21.9 Å². The van der Waals surface area contributed by atoms with Crippen molar-refractivity contribution in [1.29, 1.82) is 0 Å². The van der Waals surface area contributed by atoms with E-state index in [2.05, 4.69) is 25.8 Å². The van der Waals surface area contributed by atoms with Gasteiger partial charge in [0.2, 0.25) is 0 Å². The zero-order valence-corrected chi connectivity index (χ0v) is 24.3. The van der Waals surface area contributed by atoms with E-state index >= 15 is 0 Å². The summed E-state index contributed by atoms with van der Waals surface area (Å²) in [5, 5.41) is 17.9. The van der Waals surface area contributed by atoms with Crippen LogP contribution in [0.2, 0.25) is 0 Å². The second-order valence-electron chi connectivity index (χ2n) is 10.8. The average molecular weight is 601 g/mol. The van der Waals surface area contributed by atoms with Crippen molar-refractivity contribution in [1.82, 2.24) is 15.2 Å². The normalized spacial score (nSPS) is 17.3. The highest BCUT2D eigenvalue weighted by atomic mass is 16.5. The molecule has 0 bridgehead atoms. The summed E-state index contributed by atoms with van der Waals surface area (Å²) in [5.41, 5.74) is 2.51. The first-order valence-electron chi connectivity index (χ1n) is 14.7. The van der Waals surface area contributed by atoms with Gasteiger partial charge in [-0.15, -0.1) is 0 Å². The first-order chi connectivity index (χ1) is 21.4. The van der Waals surface area contributed by atoms with Crippen LogP contribution in [0.1, 0.15) is 47.6 Å². The second kappa shape index (κ2) is 14.5. The summed E-state index contributed by atoms with van der Waals surface area (Å²) >= 11 is 0. The summed E-state index contributed by atoms with van der Waals surface area (Å²) in [5.74, 6) is -1.55. The number of para-hydroxylation sites is 1. The van der Waals surface area contributed by atoms with Crippen molar-refractivity contribution in [2.75, 3.05) is 48.3 Å². The van der Waals surface area contributed by atoms with E-state index in [1.165, 1.54) is 6.20 Å². The quantitative estimate of drug-likeness (QED) is 0.289. The lowest BCUT2D eigenvalue weighted by molar-refractivity contribution is -0.140. The van der Waals surface area contributed by atoms with Crippen LogP contribution >= 0.6 is 0 Å². The lowest BCUT2D eigenvalue weighted by Gasteiger charge is -2.27. The average Bonchev–Trinajstić information content (AvgIpc) is 3.46. The Labute approximate surface area is 255 Å². The van der Waals surface area contributed by atoms with Crippen molar-refractivity contribution >= 4 is 40.9 Å². The molecule has 2 atom stereocenters. The number of nitrogens with zero attached hydrogens (tertiary/aromatic N) is 3. The van der Waals surface area contributed by atoms with Crippen molar-refractivity contribution in [2.24, 2.45) is 0 Å². The van der Waals surface area contributed by atoms with Crippen LogP contribution in [0.15, 0.2) is 73.1 Å². The lowest BCUT2D eigenvalue weighted by atomic mass is 10.0. The van der Waals surface area contributed by atoms with Crippen LogP contribution in [-0.4, -0.2) is 77.7 Å². The molecule has 12 nitrogen and oxygen atoms in total. The maximum Gasteiger partial charge on any atom is 0.323 e. The second-order valence-corrected chi connectivity index (χ2v) is 10.8. The molecule has 44 heavy (non-hydrogen) atoms. The number of ether oxygens (including phenoxy) is 1. The summed E-state index contributed by atoms with van der Waals surface area (Å²) in [7, 11) is 0. The highest BCUT2D eigenvalue weighted by Gasteiger charge is 2.30. The zero-order valence-electron chi connectivity index (χ0n) is 24.3. The number of anilines is 3. The first kappa shape index (κ1) is 30.5. The van der Waals surface area contributed by atoms with E-state index < -0.39 is 23.9 Å². The summed E-state index contributed by atoms with van der Waals surface area (Å²) in [6.45, 7) is 2.87. The third-order valence-electron chi connectivity index (χ3n) is 7.66. The van der Waals surface area contributed by atoms with E-state index in [-0.39, 0.29) is 24.0 Å². The Kier molecular flexibility index (Phi) is 10.0. The molecular formula is C32H36N6O6. The molecule has 2 unspecified atom stereocenters. The molecule has 2 aromatic carbocycles. The van der Waals surface area contributed by atoms with Crippen molar-refractivity contribution in [2.45, 2.75) is 37.8 Å². The molecule has 4 N–H and O–H groups in total. The van der Waals surface area contributed by atoms with Gasteiger partial charge in [0.05, 0.1) is 23.8 Å². The Balaban J connectivity index is 1.37. The van der Waals surface area contributed by atoms with Gasteiger partial charge < -0.3 is 35.6 Å². The maximum absolute atomic E-state index is 13.4. The lowest BCUT2D eigenvalue weighted by Crippen LogP contribution is -2.41. The third kappa shape index (κ3) is 7.90. The molecule has 230 valence electrons. The molecular weight excluding hydrogens is 564 g/mol. The number of aliphatic carboxylic acids is 1. The topological polar surface area (TPSA) is 153 Å². The predicted octanol–water partition coefficient (Wildman–Crippen LogP) is 3.89. The van der Waals surface area contributed by atoms with Gasteiger partial charge in [0.15, 0.2) is 0 Å². The number of pyridine rings is 1.